The van der Waals surface area contributed by atoms with Crippen LogP contribution in [-0.4, -0.2) is 9.97 Å². The van der Waals surface area contributed by atoms with E-state index in [2.05, 4.69) is 25.9 Å². The molecule has 0 spiro atoms. The summed E-state index contributed by atoms with van der Waals surface area (Å²) in [6.45, 7) is 3.64. The molecule has 2 heterocycles. The first-order valence-corrected chi connectivity index (χ1v) is 6.58. The molecule has 2 aromatic heterocycles. The van der Waals surface area contributed by atoms with E-state index in [1.807, 2.05) is 32.0 Å². The molecule has 3 rings (SSSR count). The van der Waals surface area contributed by atoms with Gasteiger partial charge in [0.05, 0.1) is 0 Å². The highest BCUT2D eigenvalue weighted by Gasteiger charge is 2.14. The van der Waals surface area contributed by atoms with Crippen molar-refractivity contribution in [3.63, 3.8) is 0 Å². The summed E-state index contributed by atoms with van der Waals surface area (Å²) in [5.41, 5.74) is 3.53. The Morgan fingerprint density at radius 1 is 0.895 bits per heavy atom. The smallest absolute Gasteiger partial charge is 0.191 e. The van der Waals surface area contributed by atoms with Crippen molar-refractivity contribution in [3.05, 3.63) is 47.0 Å². The van der Waals surface area contributed by atoms with Crippen LogP contribution in [0.2, 0.25) is 0 Å². The Hall–Kier alpha value is -1.88. The molecule has 0 atom stereocenters. The molecule has 0 saturated heterocycles. The van der Waals surface area contributed by atoms with Gasteiger partial charge in [-0.2, -0.15) is 0 Å². The van der Waals surface area contributed by atoms with Crippen LogP contribution in [0, 0.1) is 13.8 Å². The van der Waals surface area contributed by atoms with Crippen LogP contribution in [0.5, 0.6) is 0 Å². The van der Waals surface area contributed by atoms with E-state index in [1.165, 1.54) is 0 Å². The molecule has 0 radical (unpaired) electrons. The molecule has 96 valence electrons. The number of hydrogen-bond donors (Lipinski definition) is 0. The van der Waals surface area contributed by atoms with Gasteiger partial charge in [0.2, 0.25) is 0 Å². The van der Waals surface area contributed by atoms with Gasteiger partial charge in [0.1, 0.15) is 23.9 Å². The first kappa shape index (κ1) is 12.2. The van der Waals surface area contributed by atoms with Gasteiger partial charge in [-0.3, -0.25) is 0 Å². The summed E-state index contributed by atoms with van der Waals surface area (Å²) < 4.78 is 11.4. The van der Waals surface area contributed by atoms with Gasteiger partial charge in [-0.1, -0.05) is 18.2 Å². The Labute approximate surface area is 118 Å². The number of aromatic nitrogens is 2. The summed E-state index contributed by atoms with van der Waals surface area (Å²) in [5.74, 6) is 1.29. The minimum atomic E-state index is 0.643. The second-order valence-electron chi connectivity index (χ2n) is 4.17. The molecule has 0 saturated carbocycles. The molecule has 0 aliphatic rings. The average molecular weight is 319 g/mol. The largest absolute Gasteiger partial charge is 0.449 e. The molecule has 0 unspecified atom stereocenters. The number of halogens is 1. The third-order valence-corrected chi connectivity index (χ3v) is 3.64. The Bertz CT molecular complexity index is 672. The van der Waals surface area contributed by atoms with E-state index < -0.39 is 0 Å². The van der Waals surface area contributed by atoms with Gasteiger partial charge in [-0.25, -0.2) is 9.97 Å². The Balaban J connectivity index is 2.14. The van der Waals surface area contributed by atoms with Gasteiger partial charge in [0.25, 0.3) is 0 Å². The van der Waals surface area contributed by atoms with Crippen LogP contribution in [0.1, 0.15) is 11.8 Å². The van der Waals surface area contributed by atoms with Crippen molar-refractivity contribution in [2.24, 2.45) is 0 Å². The number of aryl methyl sites for hydroxylation is 2. The molecule has 4 nitrogen and oxygen atoms in total. The lowest BCUT2D eigenvalue weighted by molar-refractivity contribution is 0.521. The first-order chi connectivity index (χ1) is 9.15. The zero-order chi connectivity index (χ0) is 13.4. The van der Waals surface area contributed by atoms with Crippen molar-refractivity contribution in [2.45, 2.75) is 13.8 Å². The van der Waals surface area contributed by atoms with E-state index in [0.717, 1.165) is 27.0 Å². The zero-order valence-electron chi connectivity index (χ0n) is 10.5. The van der Waals surface area contributed by atoms with Crippen LogP contribution in [0.4, 0.5) is 0 Å². The second-order valence-corrected chi connectivity index (χ2v) is 4.96. The van der Waals surface area contributed by atoms with Crippen LogP contribution in [0.3, 0.4) is 0 Å². The van der Waals surface area contributed by atoms with E-state index in [1.54, 1.807) is 12.5 Å². The lowest BCUT2D eigenvalue weighted by Crippen LogP contribution is -1.86. The minimum absolute atomic E-state index is 0.643. The third kappa shape index (κ3) is 2.21. The Morgan fingerprint density at radius 2 is 1.37 bits per heavy atom. The summed E-state index contributed by atoms with van der Waals surface area (Å²) in [6.07, 6.45) is 3.29. The van der Waals surface area contributed by atoms with Crippen molar-refractivity contribution in [2.75, 3.05) is 0 Å². The molecule has 0 N–H and O–H groups in total. The van der Waals surface area contributed by atoms with E-state index in [0.29, 0.717) is 11.8 Å². The van der Waals surface area contributed by atoms with Gasteiger partial charge >= 0.3 is 0 Å². The number of rotatable bonds is 2. The van der Waals surface area contributed by atoms with E-state index in [9.17, 15) is 0 Å². The Kier molecular flexibility index (Phi) is 2.98. The molecule has 19 heavy (non-hydrogen) atoms. The summed E-state index contributed by atoms with van der Waals surface area (Å²) in [7, 11) is 0. The van der Waals surface area contributed by atoms with Crippen LogP contribution < -0.4 is 0 Å². The number of oxazole rings is 2. The molecular weight excluding hydrogens is 308 g/mol. The molecule has 0 bridgehead atoms. The predicted octanol–water partition coefficient (Wildman–Crippen LogP) is 4.38. The van der Waals surface area contributed by atoms with Crippen molar-refractivity contribution in [3.8, 4) is 22.5 Å². The summed E-state index contributed by atoms with van der Waals surface area (Å²) in [5, 5.41) is 0. The van der Waals surface area contributed by atoms with E-state index in [4.69, 9.17) is 8.83 Å². The van der Waals surface area contributed by atoms with Crippen LogP contribution in [-0.2, 0) is 0 Å². The fourth-order valence-electron chi connectivity index (χ4n) is 1.90. The fourth-order valence-corrected chi connectivity index (χ4v) is 2.57. The molecule has 0 aliphatic heterocycles. The van der Waals surface area contributed by atoms with Gasteiger partial charge in [0, 0.05) is 29.4 Å². The number of benzene rings is 1. The van der Waals surface area contributed by atoms with Crippen LogP contribution >= 0.6 is 15.9 Å². The average Bonchev–Trinajstić information content (AvgIpc) is 2.99. The molecule has 0 amide bonds. The maximum Gasteiger partial charge on any atom is 0.191 e. The lowest BCUT2D eigenvalue weighted by atomic mass is 10.1. The third-order valence-electron chi connectivity index (χ3n) is 2.79. The molecule has 0 fully saturated rings. The summed E-state index contributed by atoms with van der Waals surface area (Å²) in [4.78, 5) is 8.68. The SMILES string of the molecule is Cc1nc(-c2cccc(-c3coc(C)n3)c2Br)co1. The van der Waals surface area contributed by atoms with Crippen LogP contribution in [0.25, 0.3) is 22.5 Å². The molecule has 1 aromatic carbocycles. The molecule has 5 heteroatoms. The number of hydrogen-bond acceptors (Lipinski definition) is 4. The van der Waals surface area contributed by atoms with Gasteiger partial charge < -0.3 is 8.83 Å². The normalized spacial score (nSPS) is 10.9. The molecular formula is C14H11BrN2O2. The van der Waals surface area contributed by atoms with Crippen molar-refractivity contribution >= 4 is 15.9 Å². The van der Waals surface area contributed by atoms with Crippen molar-refractivity contribution < 1.29 is 8.83 Å². The minimum Gasteiger partial charge on any atom is -0.449 e. The topological polar surface area (TPSA) is 52.1 Å². The number of nitrogens with zero attached hydrogens (tertiary/aromatic N) is 2. The quantitative estimate of drug-likeness (QED) is 0.703. The highest BCUT2D eigenvalue weighted by molar-refractivity contribution is 9.10. The first-order valence-electron chi connectivity index (χ1n) is 5.78. The highest BCUT2D eigenvalue weighted by atomic mass is 79.9. The molecule has 3 aromatic rings. The van der Waals surface area contributed by atoms with Gasteiger partial charge in [0.15, 0.2) is 11.8 Å². The second kappa shape index (κ2) is 4.66. The summed E-state index contributed by atoms with van der Waals surface area (Å²) >= 11 is 3.61. The maximum absolute atomic E-state index is 5.26. The van der Waals surface area contributed by atoms with Crippen molar-refractivity contribution in [1.29, 1.82) is 0 Å². The van der Waals surface area contributed by atoms with Gasteiger partial charge in [-0.05, 0) is 15.9 Å². The van der Waals surface area contributed by atoms with Crippen molar-refractivity contribution in [1.82, 2.24) is 9.97 Å². The van der Waals surface area contributed by atoms with Crippen LogP contribution in [0.15, 0.2) is 44.0 Å². The Morgan fingerprint density at radius 3 is 1.74 bits per heavy atom. The summed E-state index contributed by atoms with van der Waals surface area (Å²) in [6, 6.07) is 5.93. The fraction of sp³-hybridized carbons (Fsp3) is 0.143. The van der Waals surface area contributed by atoms with E-state index in [-0.39, 0.29) is 0 Å². The zero-order valence-corrected chi connectivity index (χ0v) is 12.1. The van der Waals surface area contributed by atoms with E-state index >= 15 is 0 Å². The predicted molar refractivity (Wildman–Crippen MR) is 74.6 cm³/mol. The molecule has 0 aliphatic carbocycles. The maximum atomic E-state index is 5.26. The lowest BCUT2D eigenvalue weighted by Gasteiger charge is -2.05. The monoisotopic (exact) mass is 318 g/mol. The standard InChI is InChI=1S/C14H11BrN2O2/c1-8-16-12(6-18-8)10-4-3-5-11(14(10)15)13-7-19-9(2)17-13/h3-7H,1-2H3. The highest BCUT2D eigenvalue weighted by Crippen LogP contribution is 2.35. The van der Waals surface area contributed by atoms with Gasteiger partial charge in [-0.15, -0.1) is 0 Å².